The fourth-order valence-corrected chi connectivity index (χ4v) is 2.28. The lowest BCUT2D eigenvalue weighted by molar-refractivity contribution is -0.137. The Morgan fingerprint density at radius 3 is 2.33 bits per heavy atom. The molecule has 1 aromatic heterocycles. The summed E-state index contributed by atoms with van der Waals surface area (Å²) in [4.78, 5) is 14.1. The van der Waals surface area contributed by atoms with E-state index in [9.17, 15) is 18.0 Å². The van der Waals surface area contributed by atoms with Crippen molar-refractivity contribution in [2.45, 2.75) is 26.4 Å². The lowest BCUT2D eigenvalue weighted by Gasteiger charge is -2.20. The summed E-state index contributed by atoms with van der Waals surface area (Å²) in [6.07, 6.45) is -3.87. The Morgan fingerprint density at radius 1 is 1.25 bits per heavy atom. The van der Waals surface area contributed by atoms with Gasteiger partial charge in [0.05, 0.1) is 11.3 Å². The SMILES string of the molecule is CCN(CCc1ccc(C(F)(F)F)cc1)C(=O)c1nnn(C)c1C. The van der Waals surface area contributed by atoms with E-state index in [2.05, 4.69) is 10.3 Å². The summed E-state index contributed by atoms with van der Waals surface area (Å²) in [6.45, 7) is 4.49. The quantitative estimate of drug-likeness (QED) is 0.841. The molecule has 1 aromatic carbocycles. The van der Waals surface area contributed by atoms with Gasteiger partial charge in [-0.2, -0.15) is 13.2 Å². The number of benzene rings is 1. The summed E-state index contributed by atoms with van der Waals surface area (Å²) < 4.78 is 39.2. The van der Waals surface area contributed by atoms with Gasteiger partial charge in [0.2, 0.25) is 0 Å². The molecule has 0 saturated heterocycles. The van der Waals surface area contributed by atoms with Crippen molar-refractivity contribution in [3.63, 3.8) is 0 Å². The van der Waals surface area contributed by atoms with Crippen molar-refractivity contribution in [3.05, 3.63) is 46.8 Å². The van der Waals surface area contributed by atoms with Crippen LogP contribution < -0.4 is 0 Å². The Hall–Kier alpha value is -2.38. The molecule has 0 bridgehead atoms. The highest BCUT2D eigenvalue weighted by molar-refractivity contribution is 5.93. The number of alkyl halides is 3. The van der Waals surface area contributed by atoms with E-state index in [4.69, 9.17) is 0 Å². The maximum Gasteiger partial charge on any atom is 0.416 e. The van der Waals surface area contributed by atoms with Gasteiger partial charge in [-0.3, -0.25) is 9.48 Å². The first-order valence-electron chi connectivity index (χ1n) is 7.55. The van der Waals surface area contributed by atoms with E-state index in [1.165, 1.54) is 16.8 Å². The van der Waals surface area contributed by atoms with Crippen LogP contribution in [0.15, 0.2) is 24.3 Å². The molecule has 0 spiro atoms. The minimum Gasteiger partial charge on any atom is -0.337 e. The van der Waals surface area contributed by atoms with Crippen molar-refractivity contribution < 1.29 is 18.0 Å². The molecular formula is C16H19F3N4O. The van der Waals surface area contributed by atoms with Crippen LogP contribution >= 0.6 is 0 Å². The number of likely N-dealkylation sites (N-methyl/N-ethyl adjacent to an activating group) is 1. The van der Waals surface area contributed by atoms with Crippen molar-refractivity contribution in [3.8, 4) is 0 Å². The Labute approximate surface area is 138 Å². The van der Waals surface area contributed by atoms with E-state index in [1.807, 2.05) is 6.92 Å². The molecule has 0 atom stereocenters. The minimum absolute atomic E-state index is 0.227. The molecule has 5 nitrogen and oxygen atoms in total. The standard InChI is InChI=1S/C16H19F3N4O/c1-4-23(15(24)14-11(2)22(3)21-20-14)10-9-12-5-7-13(8-6-12)16(17,18)19/h5-8H,4,9-10H2,1-3H3. The van der Waals surface area contributed by atoms with Crippen LogP contribution in [0.1, 0.15) is 34.2 Å². The number of hydrogen-bond donors (Lipinski definition) is 0. The van der Waals surface area contributed by atoms with Crippen LogP contribution in [0.2, 0.25) is 0 Å². The molecule has 0 fully saturated rings. The van der Waals surface area contributed by atoms with Gasteiger partial charge in [-0.1, -0.05) is 17.3 Å². The van der Waals surface area contributed by atoms with Gasteiger partial charge in [0, 0.05) is 20.1 Å². The van der Waals surface area contributed by atoms with Crippen molar-refractivity contribution >= 4 is 5.91 Å². The highest BCUT2D eigenvalue weighted by Crippen LogP contribution is 2.29. The molecule has 2 aromatic rings. The molecule has 0 aliphatic heterocycles. The average Bonchev–Trinajstić information content (AvgIpc) is 2.87. The number of carbonyl (C=O) groups is 1. The van der Waals surface area contributed by atoms with Gasteiger partial charge in [-0.05, 0) is 38.0 Å². The molecule has 8 heteroatoms. The third-order valence-electron chi connectivity index (χ3n) is 3.93. The van der Waals surface area contributed by atoms with Crippen LogP contribution in [0.5, 0.6) is 0 Å². The van der Waals surface area contributed by atoms with Crippen LogP contribution in [0.4, 0.5) is 13.2 Å². The van der Waals surface area contributed by atoms with Gasteiger partial charge in [0.25, 0.3) is 5.91 Å². The lowest BCUT2D eigenvalue weighted by atomic mass is 10.1. The van der Waals surface area contributed by atoms with E-state index in [0.29, 0.717) is 30.9 Å². The van der Waals surface area contributed by atoms with Crippen LogP contribution in [0.25, 0.3) is 0 Å². The molecule has 0 radical (unpaired) electrons. The number of aromatic nitrogens is 3. The molecule has 1 amide bonds. The summed E-state index contributed by atoms with van der Waals surface area (Å²) in [6, 6.07) is 4.99. The molecule has 130 valence electrons. The Bertz CT molecular complexity index is 707. The fourth-order valence-electron chi connectivity index (χ4n) is 2.28. The zero-order chi connectivity index (χ0) is 17.9. The second-order valence-corrected chi connectivity index (χ2v) is 5.48. The number of carbonyl (C=O) groups excluding carboxylic acids is 1. The summed E-state index contributed by atoms with van der Waals surface area (Å²) in [5, 5.41) is 7.69. The van der Waals surface area contributed by atoms with Gasteiger partial charge in [-0.25, -0.2) is 0 Å². The van der Waals surface area contributed by atoms with Crippen molar-refractivity contribution in [2.24, 2.45) is 7.05 Å². The molecule has 0 N–H and O–H groups in total. The molecule has 1 heterocycles. The minimum atomic E-state index is -4.34. The molecule has 2 rings (SSSR count). The van der Waals surface area contributed by atoms with E-state index in [1.54, 1.807) is 18.9 Å². The molecular weight excluding hydrogens is 321 g/mol. The number of hydrogen-bond acceptors (Lipinski definition) is 3. The van der Waals surface area contributed by atoms with Crippen LogP contribution in [0.3, 0.4) is 0 Å². The predicted molar refractivity (Wildman–Crippen MR) is 82.5 cm³/mol. The van der Waals surface area contributed by atoms with E-state index in [-0.39, 0.29) is 5.91 Å². The van der Waals surface area contributed by atoms with Crippen molar-refractivity contribution in [1.29, 1.82) is 0 Å². The van der Waals surface area contributed by atoms with Gasteiger partial charge in [0.1, 0.15) is 0 Å². The first-order chi connectivity index (χ1) is 11.2. The van der Waals surface area contributed by atoms with Crippen LogP contribution in [0, 0.1) is 6.92 Å². The topological polar surface area (TPSA) is 51.0 Å². The second kappa shape index (κ2) is 7.02. The Morgan fingerprint density at radius 2 is 1.88 bits per heavy atom. The smallest absolute Gasteiger partial charge is 0.337 e. The summed E-state index contributed by atoms with van der Waals surface area (Å²) in [5.41, 5.74) is 1.04. The third kappa shape index (κ3) is 3.93. The largest absolute Gasteiger partial charge is 0.416 e. The van der Waals surface area contributed by atoms with E-state index >= 15 is 0 Å². The predicted octanol–water partition coefficient (Wildman–Crippen LogP) is 2.85. The Kier molecular flexibility index (Phi) is 5.26. The number of rotatable bonds is 5. The molecule has 0 unspecified atom stereocenters. The first-order valence-corrected chi connectivity index (χ1v) is 7.55. The van der Waals surface area contributed by atoms with Crippen molar-refractivity contribution in [1.82, 2.24) is 19.9 Å². The number of halogens is 3. The monoisotopic (exact) mass is 340 g/mol. The summed E-state index contributed by atoms with van der Waals surface area (Å²) in [5.74, 6) is -0.227. The number of amides is 1. The molecule has 0 saturated carbocycles. The lowest BCUT2D eigenvalue weighted by Crippen LogP contribution is -2.33. The normalized spacial score (nSPS) is 11.6. The zero-order valence-corrected chi connectivity index (χ0v) is 13.8. The highest BCUT2D eigenvalue weighted by Gasteiger charge is 2.30. The van der Waals surface area contributed by atoms with E-state index in [0.717, 1.165) is 17.7 Å². The maximum absolute atomic E-state index is 12.6. The maximum atomic E-state index is 12.6. The van der Waals surface area contributed by atoms with Crippen LogP contribution in [-0.4, -0.2) is 38.9 Å². The van der Waals surface area contributed by atoms with Crippen LogP contribution in [-0.2, 0) is 19.6 Å². The third-order valence-corrected chi connectivity index (χ3v) is 3.93. The van der Waals surface area contributed by atoms with Gasteiger partial charge in [0.15, 0.2) is 5.69 Å². The fraction of sp³-hybridized carbons (Fsp3) is 0.438. The summed E-state index contributed by atoms with van der Waals surface area (Å²) in [7, 11) is 1.71. The molecule has 24 heavy (non-hydrogen) atoms. The Balaban J connectivity index is 2.03. The van der Waals surface area contributed by atoms with Gasteiger partial charge < -0.3 is 4.90 Å². The molecule has 0 aliphatic rings. The zero-order valence-electron chi connectivity index (χ0n) is 13.8. The number of nitrogens with zero attached hydrogens (tertiary/aromatic N) is 4. The summed E-state index contributed by atoms with van der Waals surface area (Å²) >= 11 is 0. The molecule has 0 aliphatic carbocycles. The first kappa shape index (κ1) is 18.0. The highest BCUT2D eigenvalue weighted by atomic mass is 19.4. The average molecular weight is 340 g/mol. The van der Waals surface area contributed by atoms with Gasteiger partial charge in [-0.15, -0.1) is 5.10 Å². The second-order valence-electron chi connectivity index (χ2n) is 5.48. The van der Waals surface area contributed by atoms with Crippen molar-refractivity contribution in [2.75, 3.05) is 13.1 Å². The number of aryl methyl sites for hydroxylation is 1. The van der Waals surface area contributed by atoms with E-state index < -0.39 is 11.7 Å². The van der Waals surface area contributed by atoms with Gasteiger partial charge >= 0.3 is 6.18 Å².